The summed E-state index contributed by atoms with van der Waals surface area (Å²) in [6.45, 7) is 2.26. The van der Waals surface area contributed by atoms with Crippen molar-refractivity contribution in [2.24, 2.45) is 0 Å². The van der Waals surface area contributed by atoms with Gasteiger partial charge in [-0.15, -0.1) is 4.83 Å². The first-order chi connectivity index (χ1) is 13.4. The number of hydrogen-bond donors (Lipinski definition) is 2. The van der Waals surface area contributed by atoms with Crippen LogP contribution in [-0.4, -0.2) is 42.3 Å². The van der Waals surface area contributed by atoms with Gasteiger partial charge in [-0.3, -0.25) is 10.2 Å². The molecule has 2 rings (SSSR count). The van der Waals surface area contributed by atoms with Gasteiger partial charge in [-0.25, -0.2) is 8.42 Å². The Kier molecular flexibility index (Phi) is 7.07. The molecule has 0 radical (unpaired) electrons. The highest BCUT2D eigenvalue weighted by Crippen LogP contribution is 2.29. The Morgan fingerprint density at radius 1 is 0.929 bits per heavy atom. The zero-order chi connectivity index (χ0) is 20.7. The molecule has 0 unspecified atom stereocenters. The van der Waals surface area contributed by atoms with E-state index in [0.717, 1.165) is 0 Å². The van der Waals surface area contributed by atoms with Crippen LogP contribution in [0.3, 0.4) is 0 Å². The number of carbonyl (C=O) groups excluding carboxylic acids is 1. The zero-order valence-electron chi connectivity index (χ0n) is 15.9. The summed E-state index contributed by atoms with van der Waals surface area (Å²) in [4.78, 5) is 14.2. The largest absolute Gasteiger partial charge is 0.497 e. The van der Waals surface area contributed by atoms with Crippen LogP contribution < -0.4 is 29.2 Å². The minimum Gasteiger partial charge on any atom is -0.497 e. The fourth-order valence-electron chi connectivity index (χ4n) is 2.32. The van der Waals surface area contributed by atoms with E-state index in [0.29, 0.717) is 23.9 Å². The Hall–Kier alpha value is -2.98. The molecule has 10 heteroatoms. The monoisotopic (exact) mass is 410 g/mol. The van der Waals surface area contributed by atoms with E-state index in [1.807, 2.05) is 11.8 Å². The topological polar surface area (TPSA) is 112 Å². The second-order valence-electron chi connectivity index (χ2n) is 5.38. The summed E-state index contributed by atoms with van der Waals surface area (Å²) in [6.07, 6.45) is 0. The number of rotatable bonds is 9. The third kappa shape index (κ3) is 4.84. The standard InChI is InChI=1S/C18H22N2O7S/c1-5-27-14-8-6-12(10-16(14)26-4)18(21)19-20-28(22,23)17-11-13(24-2)7-9-15(17)25-3/h6-11,20H,5H2,1-4H3,(H,19,21). The maximum absolute atomic E-state index is 12.6. The van der Waals surface area contributed by atoms with Gasteiger partial charge in [-0.2, -0.15) is 0 Å². The molecule has 0 aliphatic rings. The van der Waals surface area contributed by atoms with Crippen molar-refractivity contribution < 1.29 is 32.2 Å². The first-order valence-electron chi connectivity index (χ1n) is 8.21. The van der Waals surface area contributed by atoms with E-state index in [1.54, 1.807) is 12.1 Å². The Balaban J connectivity index is 2.20. The lowest BCUT2D eigenvalue weighted by molar-refractivity contribution is 0.0944. The van der Waals surface area contributed by atoms with Crippen LogP contribution in [0.25, 0.3) is 0 Å². The second-order valence-corrected chi connectivity index (χ2v) is 7.03. The first kappa shape index (κ1) is 21.3. The first-order valence-corrected chi connectivity index (χ1v) is 9.69. The van der Waals surface area contributed by atoms with Gasteiger partial charge in [0.05, 0.1) is 27.9 Å². The molecule has 0 aromatic heterocycles. The lowest BCUT2D eigenvalue weighted by Gasteiger charge is -2.13. The summed E-state index contributed by atoms with van der Waals surface area (Å²) >= 11 is 0. The molecule has 0 aliphatic carbocycles. The number of amides is 1. The fraction of sp³-hybridized carbons (Fsp3) is 0.278. The van der Waals surface area contributed by atoms with E-state index < -0.39 is 15.9 Å². The maximum Gasteiger partial charge on any atom is 0.266 e. The number of benzene rings is 2. The van der Waals surface area contributed by atoms with E-state index in [9.17, 15) is 13.2 Å². The minimum atomic E-state index is -4.11. The molecule has 2 N–H and O–H groups in total. The summed E-state index contributed by atoms with van der Waals surface area (Å²) < 4.78 is 45.8. The number of methoxy groups -OCH3 is 3. The summed E-state index contributed by atoms with van der Waals surface area (Å²) in [6, 6.07) is 8.79. The van der Waals surface area contributed by atoms with Crippen LogP contribution in [-0.2, 0) is 10.0 Å². The quantitative estimate of drug-likeness (QED) is 0.606. The minimum absolute atomic E-state index is 0.102. The van der Waals surface area contributed by atoms with Crippen LogP contribution in [0.2, 0.25) is 0 Å². The molecule has 0 aliphatic heterocycles. The molecule has 0 saturated heterocycles. The van der Waals surface area contributed by atoms with Gasteiger partial charge in [0.25, 0.3) is 15.9 Å². The van der Waals surface area contributed by atoms with Crippen molar-refractivity contribution in [1.82, 2.24) is 10.3 Å². The molecular weight excluding hydrogens is 388 g/mol. The highest BCUT2D eigenvalue weighted by Gasteiger charge is 2.22. The van der Waals surface area contributed by atoms with Gasteiger partial charge in [-0.05, 0) is 37.3 Å². The van der Waals surface area contributed by atoms with E-state index in [4.69, 9.17) is 18.9 Å². The van der Waals surface area contributed by atoms with Gasteiger partial charge >= 0.3 is 0 Å². The molecule has 2 aromatic rings. The second kappa shape index (κ2) is 9.29. The number of hydrogen-bond acceptors (Lipinski definition) is 7. The highest BCUT2D eigenvalue weighted by molar-refractivity contribution is 7.89. The third-order valence-electron chi connectivity index (χ3n) is 3.68. The lowest BCUT2D eigenvalue weighted by Crippen LogP contribution is -2.41. The Labute approximate surface area is 163 Å². The lowest BCUT2D eigenvalue weighted by atomic mass is 10.2. The van der Waals surface area contributed by atoms with Gasteiger partial charge in [0.15, 0.2) is 11.5 Å². The van der Waals surface area contributed by atoms with E-state index in [1.165, 1.54) is 45.6 Å². The molecule has 9 nitrogen and oxygen atoms in total. The van der Waals surface area contributed by atoms with Gasteiger partial charge in [0, 0.05) is 11.6 Å². The van der Waals surface area contributed by atoms with Crippen molar-refractivity contribution in [1.29, 1.82) is 0 Å². The van der Waals surface area contributed by atoms with Gasteiger partial charge in [0.2, 0.25) is 0 Å². The SMILES string of the molecule is CCOc1ccc(C(=O)NNS(=O)(=O)c2cc(OC)ccc2OC)cc1OC. The molecular formula is C18H22N2O7S. The smallest absolute Gasteiger partial charge is 0.266 e. The molecule has 0 bridgehead atoms. The van der Waals surface area contributed by atoms with Crippen LogP contribution in [0.1, 0.15) is 17.3 Å². The average Bonchev–Trinajstić information content (AvgIpc) is 2.72. The summed E-state index contributed by atoms with van der Waals surface area (Å²) in [5.74, 6) is 0.580. The molecule has 0 heterocycles. The molecule has 0 atom stereocenters. The van der Waals surface area contributed by atoms with Crippen LogP contribution in [0.15, 0.2) is 41.3 Å². The number of carbonyl (C=O) groups is 1. The van der Waals surface area contributed by atoms with E-state index in [2.05, 4.69) is 5.43 Å². The van der Waals surface area contributed by atoms with Gasteiger partial charge in [-0.1, -0.05) is 0 Å². The number of nitrogens with one attached hydrogen (secondary N) is 2. The highest BCUT2D eigenvalue weighted by atomic mass is 32.2. The van der Waals surface area contributed by atoms with Crippen molar-refractivity contribution in [3.05, 3.63) is 42.0 Å². The molecule has 152 valence electrons. The van der Waals surface area contributed by atoms with Crippen LogP contribution in [0.5, 0.6) is 23.0 Å². The molecule has 0 saturated carbocycles. The molecule has 2 aromatic carbocycles. The fourth-order valence-corrected chi connectivity index (χ4v) is 3.34. The summed E-state index contributed by atoms with van der Waals surface area (Å²) in [5, 5.41) is 0. The predicted octanol–water partition coefficient (Wildman–Crippen LogP) is 1.73. The Bertz CT molecular complexity index is 945. The van der Waals surface area contributed by atoms with Crippen molar-refractivity contribution in [3.63, 3.8) is 0 Å². The van der Waals surface area contributed by atoms with Crippen molar-refractivity contribution >= 4 is 15.9 Å². The third-order valence-corrected chi connectivity index (χ3v) is 4.95. The normalized spacial score (nSPS) is 10.9. The number of hydrazine groups is 1. The van der Waals surface area contributed by atoms with Crippen LogP contribution >= 0.6 is 0 Å². The molecule has 0 spiro atoms. The molecule has 28 heavy (non-hydrogen) atoms. The van der Waals surface area contributed by atoms with Crippen molar-refractivity contribution in [3.8, 4) is 23.0 Å². The predicted molar refractivity (Wildman–Crippen MR) is 101 cm³/mol. The Morgan fingerprint density at radius 2 is 1.61 bits per heavy atom. The zero-order valence-corrected chi connectivity index (χ0v) is 16.8. The van der Waals surface area contributed by atoms with Crippen LogP contribution in [0.4, 0.5) is 0 Å². The average molecular weight is 410 g/mol. The van der Waals surface area contributed by atoms with Crippen molar-refractivity contribution in [2.75, 3.05) is 27.9 Å². The maximum atomic E-state index is 12.6. The van der Waals surface area contributed by atoms with Crippen LogP contribution in [0, 0.1) is 0 Å². The van der Waals surface area contributed by atoms with Gasteiger partial charge in [0.1, 0.15) is 16.4 Å². The number of ether oxygens (including phenoxy) is 4. The van der Waals surface area contributed by atoms with E-state index >= 15 is 0 Å². The number of sulfonamides is 1. The molecule has 1 amide bonds. The summed E-state index contributed by atoms with van der Waals surface area (Å²) in [5.41, 5.74) is 2.34. The summed E-state index contributed by atoms with van der Waals surface area (Å²) in [7, 11) is 0.0761. The van der Waals surface area contributed by atoms with Gasteiger partial charge < -0.3 is 18.9 Å². The Morgan fingerprint density at radius 3 is 2.21 bits per heavy atom. The van der Waals surface area contributed by atoms with E-state index in [-0.39, 0.29) is 16.2 Å². The van der Waals surface area contributed by atoms with Crippen molar-refractivity contribution in [2.45, 2.75) is 11.8 Å². The molecule has 0 fully saturated rings.